The van der Waals surface area contributed by atoms with Crippen molar-refractivity contribution in [2.24, 2.45) is 0 Å². The molecule has 0 saturated carbocycles. The fourth-order valence-electron chi connectivity index (χ4n) is 2.26. The molecule has 6 nitrogen and oxygen atoms in total. The van der Waals surface area contributed by atoms with E-state index in [1.807, 2.05) is 30.4 Å². The summed E-state index contributed by atoms with van der Waals surface area (Å²) in [5.74, 6) is 0.0246. The number of ether oxygens (including phenoxy) is 4. The molecule has 140 valence electrons. The van der Waals surface area contributed by atoms with Crippen LogP contribution in [0.5, 0.6) is 5.75 Å². The summed E-state index contributed by atoms with van der Waals surface area (Å²) < 4.78 is 20.4. The van der Waals surface area contributed by atoms with Crippen molar-refractivity contribution in [1.82, 2.24) is 0 Å². The van der Waals surface area contributed by atoms with Crippen molar-refractivity contribution in [2.75, 3.05) is 20.3 Å². The van der Waals surface area contributed by atoms with Crippen LogP contribution in [0.3, 0.4) is 0 Å². The van der Waals surface area contributed by atoms with Crippen LogP contribution in [-0.4, -0.2) is 44.5 Å². The normalized spacial score (nSPS) is 18.8. The zero-order valence-corrected chi connectivity index (χ0v) is 14.8. The van der Waals surface area contributed by atoms with Gasteiger partial charge < -0.3 is 18.9 Å². The van der Waals surface area contributed by atoms with Gasteiger partial charge in [-0.2, -0.15) is 0 Å². The first-order chi connectivity index (χ1) is 12.7. The van der Waals surface area contributed by atoms with Crippen LogP contribution in [0.1, 0.15) is 19.3 Å². The smallest absolute Gasteiger partial charge is 0.344 e. The molecule has 2 rings (SSSR count). The Balaban J connectivity index is 1.50. The Morgan fingerprint density at radius 3 is 2.73 bits per heavy atom. The van der Waals surface area contributed by atoms with Crippen LogP contribution in [-0.2, 0) is 23.8 Å². The summed E-state index contributed by atoms with van der Waals surface area (Å²) in [4.78, 5) is 22.5. The minimum Gasteiger partial charge on any atom is -0.482 e. The lowest BCUT2D eigenvalue weighted by Gasteiger charge is -2.04. The summed E-state index contributed by atoms with van der Waals surface area (Å²) in [5, 5.41) is 0. The van der Waals surface area contributed by atoms with Gasteiger partial charge in [-0.25, -0.2) is 4.79 Å². The van der Waals surface area contributed by atoms with Gasteiger partial charge in [0.2, 0.25) is 0 Å². The van der Waals surface area contributed by atoms with Crippen molar-refractivity contribution in [3.63, 3.8) is 0 Å². The molecule has 0 N–H and O–H groups in total. The number of methoxy groups -OCH3 is 1. The Labute approximate surface area is 153 Å². The standard InChI is InChI=1S/C20H24O6/c1-23-19(21)13-8-12-18-17(26-18)11-6-3-7-14-24-20(22)15-25-16-9-4-2-5-10-16/h2-7,9-11,17-18H,8,12-15H2,1H3/b7-3+,11-6+/t17-,18-/m0/s1. The third kappa shape index (κ3) is 7.98. The van der Waals surface area contributed by atoms with Crippen LogP contribution in [0.4, 0.5) is 0 Å². The van der Waals surface area contributed by atoms with Gasteiger partial charge >= 0.3 is 11.9 Å². The van der Waals surface area contributed by atoms with E-state index in [1.54, 1.807) is 24.3 Å². The number of allylic oxidation sites excluding steroid dienone is 2. The van der Waals surface area contributed by atoms with Crippen molar-refractivity contribution in [2.45, 2.75) is 31.5 Å². The number of benzene rings is 1. The molecular weight excluding hydrogens is 336 g/mol. The lowest BCUT2D eigenvalue weighted by Crippen LogP contribution is -2.14. The molecule has 0 radical (unpaired) electrons. The molecular formula is C20H24O6. The van der Waals surface area contributed by atoms with E-state index in [0.29, 0.717) is 12.2 Å². The molecule has 1 aliphatic heterocycles. The summed E-state index contributed by atoms with van der Waals surface area (Å²) in [5.41, 5.74) is 0. The zero-order chi connectivity index (χ0) is 18.6. The van der Waals surface area contributed by atoms with E-state index in [-0.39, 0.29) is 31.4 Å². The molecule has 26 heavy (non-hydrogen) atoms. The summed E-state index contributed by atoms with van der Waals surface area (Å²) >= 11 is 0. The monoisotopic (exact) mass is 360 g/mol. The molecule has 0 bridgehead atoms. The Morgan fingerprint density at radius 1 is 1.15 bits per heavy atom. The van der Waals surface area contributed by atoms with E-state index < -0.39 is 5.97 Å². The molecule has 2 atom stereocenters. The summed E-state index contributed by atoms with van der Waals surface area (Å²) in [7, 11) is 1.39. The number of carbonyl (C=O) groups excluding carboxylic acids is 2. The van der Waals surface area contributed by atoms with E-state index in [0.717, 1.165) is 12.8 Å². The fourth-order valence-corrected chi connectivity index (χ4v) is 2.26. The average Bonchev–Trinajstić information content (AvgIpc) is 3.41. The van der Waals surface area contributed by atoms with E-state index >= 15 is 0 Å². The molecule has 1 saturated heterocycles. The molecule has 1 fully saturated rings. The van der Waals surface area contributed by atoms with Gasteiger partial charge in [0, 0.05) is 6.42 Å². The number of hydrogen-bond donors (Lipinski definition) is 0. The van der Waals surface area contributed by atoms with Crippen LogP contribution < -0.4 is 4.74 Å². The fraction of sp³-hybridized carbons (Fsp3) is 0.400. The SMILES string of the molecule is COC(=O)CCC[C@@H]1O[C@H]1/C=C/C=C/COC(=O)COc1ccccc1. The quantitative estimate of drug-likeness (QED) is 0.343. The van der Waals surface area contributed by atoms with Crippen LogP contribution in [0.15, 0.2) is 54.6 Å². The van der Waals surface area contributed by atoms with Gasteiger partial charge in [-0.1, -0.05) is 36.4 Å². The minimum atomic E-state index is -0.418. The zero-order valence-electron chi connectivity index (χ0n) is 14.8. The first-order valence-electron chi connectivity index (χ1n) is 8.58. The van der Waals surface area contributed by atoms with Crippen molar-refractivity contribution < 1.29 is 28.5 Å². The predicted molar refractivity (Wildman–Crippen MR) is 95.7 cm³/mol. The summed E-state index contributed by atoms with van der Waals surface area (Å²) in [6, 6.07) is 9.11. The molecule has 1 aliphatic rings. The molecule has 1 heterocycles. The maximum absolute atomic E-state index is 11.5. The number of rotatable bonds is 11. The number of para-hydroxylation sites is 1. The van der Waals surface area contributed by atoms with E-state index in [1.165, 1.54) is 7.11 Å². The second kappa shape index (κ2) is 11.1. The van der Waals surface area contributed by atoms with Gasteiger partial charge in [0.05, 0.1) is 13.2 Å². The molecule has 0 aromatic heterocycles. The second-order valence-electron chi connectivity index (χ2n) is 5.71. The number of hydrogen-bond acceptors (Lipinski definition) is 6. The lowest BCUT2D eigenvalue weighted by atomic mass is 10.1. The van der Waals surface area contributed by atoms with E-state index in [9.17, 15) is 9.59 Å². The molecule has 0 amide bonds. The van der Waals surface area contributed by atoms with Crippen molar-refractivity contribution in [1.29, 1.82) is 0 Å². The molecule has 1 aromatic carbocycles. The maximum Gasteiger partial charge on any atom is 0.344 e. The lowest BCUT2D eigenvalue weighted by molar-refractivity contribution is -0.144. The second-order valence-corrected chi connectivity index (χ2v) is 5.71. The Kier molecular flexibility index (Phi) is 8.42. The number of esters is 2. The first kappa shape index (κ1) is 19.7. The van der Waals surface area contributed by atoms with Crippen LogP contribution >= 0.6 is 0 Å². The van der Waals surface area contributed by atoms with Gasteiger partial charge in [-0.15, -0.1) is 0 Å². The van der Waals surface area contributed by atoms with Crippen molar-refractivity contribution in [3.8, 4) is 5.75 Å². The van der Waals surface area contributed by atoms with E-state index in [4.69, 9.17) is 14.2 Å². The van der Waals surface area contributed by atoms with E-state index in [2.05, 4.69) is 4.74 Å². The van der Waals surface area contributed by atoms with Gasteiger partial charge in [0.1, 0.15) is 18.5 Å². The molecule has 0 spiro atoms. The summed E-state index contributed by atoms with van der Waals surface area (Å²) in [6.07, 6.45) is 9.65. The third-order valence-corrected chi connectivity index (χ3v) is 3.71. The molecule has 0 unspecified atom stereocenters. The highest BCUT2D eigenvalue weighted by Gasteiger charge is 2.35. The van der Waals surface area contributed by atoms with Gasteiger partial charge in [-0.3, -0.25) is 4.79 Å². The highest BCUT2D eigenvalue weighted by Crippen LogP contribution is 2.28. The highest BCUT2D eigenvalue weighted by atomic mass is 16.6. The minimum absolute atomic E-state index is 0.0964. The topological polar surface area (TPSA) is 74.4 Å². The van der Waals surface area contributed by atoms with Crippen LogP contribution in [0, 0.1) is 0 Å². The van der Waals surface area contributed by atoms with Gasteiger partial charge in [0.25, 0.3) is 0 Å². The first-order valence-corrected chi connectivity index (χ1v) is 8.58. The van der Waals surface area contributed by atoms with Crippen LogP contribution in [0.2, 0.25) is 0 Å². The largest absolute Gasteiger partial charge is 0.482 e. The van der Waals surface area contributed by atoms with Gasteiger partial charge in [-0.05, 0) is 31.1 Å². The highest BCUT2D eigenvalue weighted by molar-refractivity contribution is 5.71. The van der Waals surface area contributed by atoms with Crippen LogP contribution in [0.25, 0.3) is 0 Å². The molecule has 1 aromatic rings. The maximum atomic E-state index is 11.5. The van der Waals surface area contributed by atoms with Crippen molar-refractivity contribution in [3.05, 3.63) is 54.6 Å². The predicted octanol–water partition coefficient (Wildman–Crippen LogP) is 2.83. The number of epoxide rings is 1. The Morgan fingerprint density at radius 2 is 1.96 bits per heavy atom. The Bertz CT molecular complexity index is 622. The summed E-state index contributed by atoms with van der Waals surface area (Å²) in [6.45, 7) is 0.0757. The third-order valence-electron chi connectivity index (χ3n) is 3.71. The van der Waals surface area contributed by atoms with Crippen molar-refractivity contribution >= 4 is 11.9 Å². The average molecular weight is 360 g/mol. The Hall–Kier alpha value is -2.60. The molecule has 6 heteroatoms. The number of carbonyl (C=O) groups is 2. The molecule has 0 aliphatic carbocycles. The van der Waals surface area contributed by atoms with Gasteiger partial charge in [0.15, 0.2) is 6.61 Å².